The molecule has 3 aliphatic rings. The van der Waals surface area contributed by atoms with Crippen molar-refractivity contribution in [2.24, 2.45) is 34.5 Å². The molecule has 3 rings (SSSR count). The highest BCUT2D eigenvalue weighted by Crippen LogP contribution is 2.63. The maximum Gasteiger partial charge on any atom is 0.303 e. The number of hydrogen-bond acceptors (Lipinski definition) is 6. The van der Waals surface area contributed by atoms with E-state index in [1.807, 2.05) is 0 Å². The van der Waals surface area contributed by atoms with Crippen LogP contribution < -0.4 is 0 Å². The predicted molar refractivity (Wildman–Crippen MR) is 112 cm³/mol. The molecular formula is C24H38O6. The van der Waals surface area contributed by atoms with Crippen molar-refractivity contribution in [3.05, 3.63) is 12.2 Å². The number of esters is 2. The highest BCUT2D eigenvalue weighted by molar-refractivity contribution is 5.66. The second kappa shape index (κ2) is 8.62. The first kappa shape index (κ1) is 23.3. The molecule has 0 aromatic heterocycles. The zero-order valence-electron chi connectivity index (χ0n) is 18.9. The van der Waals surface area contributed by atoms with Crippen LogP contribution in [0.5, 0.6) is 0 Å². The van der Waals surface area contributed by atoms with Gasteiger partial charge in [0, 0.05) is 26.4 Å². The third-order valence-electron chi connectivity index (χ3n) is 8.78. The van der Waals surface area contributed by atoms with E-state index in [2.05, 4.69) is 20.4 Å². The van der Waals surface area contributed by atoms with Crippen molar-refractivity contribution >= 4 is 11.9 Å². The van der Waals surface area contributed by atoms with Gasteiger partial charge in [-0.1, -0.05) is 20.4 Å². The molecule has 0 amide bonds. The Kier molecular flexibility index (Phi) is 6.68. The Balaban J connectivity index is 1.88. The summed E-state index contributed by atoms with van der Waals surface area (Å²) in [6.45, 7) is 12.0. The minimum Gasteiger partial charge on any atom is -0.466 e. The molecule has 3 saturated carbocycles. The third-order valence-corrected chi connectivity index (χ3v) is 8.78. The summed E-state index contributed by atoms with van der Waals surface area (Å²) in [5, 5.41) is 20.8. The summed E-state index contributed by atoms with van der Waals surface area (Å²) in [6.07, 6.45) is 4.10. The van der Waals surface area contributed by atoms with E-state index >= 15 is 0 Å². The van der Waals surface area contributed by atoms with Gasteiger partial charge in [0.25, 0.3) is 0 Å². The molecule has 6 nitrogen and oxygen atoms in total. The van der Waals surface area contributed by atoms with E-state index in [4.69, 9.17) is 9.47 Å². The molecule has 3 aliphatic carbocycles. The Bertz CT molecular complexity index is 689. The summed E-state index contributed by atoms with van der Waals surface area (Å²) in [5.41, 5.74) is 0.685. The van der Waals surface area contributed by atoms with E-state index in [0.717, 1.165) is 31.3 Å². The molecule has 2 N–H and O–H groups in total. The van der Waals surface area contributed by atoms with Gasteiger partial charge in [0.15, 0.2) is 0 Å². The van der Waals surface area contributed by atoms with Gasteiger partial charge in [0.2, 0.25) is 0 Å². The maximum absolute atomic E-state index is 11.6. The minimum atomic E-state index is -0.375. The van der Waals surface area contributed by atoms with Gasteiger partial charge in [-0.2, -0.15) is 0 Å². The summed E-state index contributed by atoms with van der Waals surface area (Å²) < 4.78 is 11.0. The van der Waals surface area contributed by atoms with E-state index in [1.54, 1.807) is 0 Å². The molecule has 170 valence electrons. The third kappa shape index (κ3) is 4.05. The average molecular weight is 423 g/mol. The van der Waals surface area contributed by atoms with E-state index in [1.165, 1.54) is 13.8 Å². The predicted octanol–water partition coefficient (Wildman–Crippen LogP) is 3.25. The first-order valence-electron chi connectivity index (χ1n) is 11.3. The number of carbonyl (C=O) groups excluding carboxylic acids is 2. The van der Waals surface area contributed by atoms with Crippen LogP contribution in [0, 0.1) is 34.5 Å². The minimum absolute atomic E-state index is 0.0566. The smallest absolute Gasteiger partial charge is 0.303 e. The fourth-order valence-electron chi connectivity index (χ4n) is 6.94. The molecule has 30 heavy (non-hydrogen) atoms. The van der Waals surface area contributed by atoms with Gasteiger partial charge in [0.05, 0.1) is 12.7 Å². The Morgan fingerprint density at radius 2 is 1.80 bits per heavy atom. The Hall–Kier alpha value is -1.40. The van der Waals surface area contributed by atoms with Crippen molar-refractivity contribution in [3.8, 4) is 0 Å². The lowest BCUT2D eigenvalue weighted by Crippen LogP contribution is -2.52. The normalized spacial score (nSPS) is 43.7. The SMILES string of the molecule is C=C1[C@@H](OC(C)=O)C[C@H]2[C@H](CO)[C@@H]([C@@]3(C)CC[C@H](O)C[C@@H]3COC(C)=O)CC[C@]12C. The van der Waals surface area contributed by atoms with Crippen LogP contribution in [-0.4, -0.2) is 47.6 Å². The summed E-state index contributed by atoms with van der Waals surface area (Å²) in [5.74, 6) is -0.0453. The van der Waals surface area contributed by atoms with Gasteiger partial charge >= 0.3 is 11.9 Å². The van der Waals surface area contributed by atoms with Gasteiger partial charge in [0.1, 0.15) is 6.10 Å². The van der Waals surface area contributed by atoms with Gasteiger partial charge in [-0.25, -0.2) is 0 Å². The molecule has 0 aromatic rings. The lowest BCUT2D eigenvalue weighted by molar-refractivity contribution is -0.151. The van der Waals surface area contributed by atoms with Crippen LogP contribution in [0.2, 0.25) is 0 Å². The molecule has 0 saturated heterocycles. The second-order valence-corrected chi connectivity index (χ2v) is 10.3. The second-order valence-electron chi connectivity index (χ2n) is 10.3. The van der Waals surface area contributed by atoms with Crippen LogP contribution in [0.15, 0.2) is 12.2 Å². The first-order chi connectivity index (χ1) is 14.0. The maximum atomic E-state index is 11.6. The fraction of sp³-hybridized carbons (Fsp3) is 0.833. The molecule has 8 atom stereocenters. The lowest BCUT2D eigenvalue weighted by atomic mass is 9.49. The van der Waals surface area contributed by atoms with Crippen molar-refractivity contribution in [2.75, 3.05) is 13.2 Å². The Morgan fingerprint density at radius 1 is 1.10 bits per heavy atom. The van der Waals surface area contributed by atoms with Crippen LogP contribution in [0.4, 0.5) is 0 Å². The standard InChI is InChI=1S/C24H38O6/c1-14-22(30-16(3)27)11-21-19(12-25)20(7-9-23(14,21)4)24(5)8-6-18(28)10-17(24)13-29-15(2)26/h17-22,25,28H,1,6-13H2,2-5H3/t17-,18+,19-,20+,21+,22+,23-,24+/m1/s1. The quantitative estimate of drug-likeness (QED) is 0.522. The van der Waals surface area contributed by atoms with Crippen LogP contribution in [-0.2, 0) is 19.1 Å². The average Bonchev–Trinajstić information content (AvgIpc) is 2.92. The summed E-state index contributed by atoms with van der Waals surface area (Å²) in [4.78, 5) is 23.0. The van der Waals surface area contributed by atoms with E-state index < -0.39 is 0 Å². The monoisotopic (exact) mass is 422 g/mol. The topological polar surface area (TPSA) is 93.1 Å². The number of ether oxygens (including phenoxy) is 2. The number of aliphatic hydroxyl groups excluding tert-OH is 2. The molecular weight excluding hydrogens is 384 g/mol. The largest absolute Gasteiger partial charge is 0.466 e. The molecule has 0 radical (unpaired) electrons. The van der Waals surface area contributed by atoms with Crippen LogP contribution in [0.1, 0.15) is 66.2 Å². The van der Waals surface area contributed by atoms with E-state index in [0.29, 0.717) is 19.4 Å². The van der Waals surface area contributed by atoms with Crippen LogP contribution in [0.3, 0.4) is 0 Å². The molecule has 0 heterocycles. The van der Waals surface area contributed by atoms with Gasteiger partial charge in [-0.15, -0.1) is 0 Å². The molecule has 0 spiro atoms. The number of carbonyl (C=O) groups is 2. The lowest BCUT2D eigenvalue weighted by Gasteiger charge is -2.56. The van der Waals surface area contributed by atoms with E-state index in [-0.39, 0.29) is 65.3 Å². The number of rotatable bonds is 5. The van der Waals surface area contributed by atoms with Gasteiger partial charge in [-0.3, -0.25) is 9.59 Å². The molecule has 0 aromatic carbocycles. The molecule has 6 heteroatoms. The van der Waals surface area contributed by atoms with Crippen molar-refractivity contribution < 1.29 is 29.3 Å². The van der Waals surface area contributed by atoms with Crippen molar-refractivity contribution in [1.29, 1.82) is 0 Å². The van der Waals surface area contributed by atoms with E-state index in [9.17, 15) is 19.8 Å². The zero-order chi connectivity index (χ0) is 22.3. The van der Waals surface area contributed by atoms with Gasteiger partial charge < -0.3 is 19.7 Å². The molecule has 3 fully saturated rings. The first-order valence-corrected chi connectivity index (χ1v) is 11.3. The van der Waals surface area contributed by atoms with Crippen LogP contribution >= 0.6 is 0 Å². The number of aliphatic hydroxyl groups is 2. The highest BCUT2D eigenvalue weighted by atomic mass is 16.5. The Labute approximate surface area is 180 Å². The Morgan fingerprint density at radius 3 is 2.40 bits per heavy atom. The zero-order valence-corrected chi connectivity index (χ0v) is 18.9. The number of hydrogen-bond donors (Lipinski definition) is 2. The highest BCUT2D eigenvalue weighted by Gasteiger charge is 2.59. The van der Waals surface area contributed by atoms with Gasteiger partial charge in [-0.05, 0) is 72.7 Å². The van der Waals surface area contributed by atoms with Crippen molar-refractivity contribution in [3.63, 3.8) is 0 Å². The summed E-state index contributed by atoms with van der Waals surface area (Å²) in [7, 11) is 0. The molecule has 0 aliphatic heterocycles. The summed E-state index contributed by atoms with van der Waals surface area (Å²) >= 11 is 0. The molecule has 0 unspecified atom stereocenters. The number of fused-ring (bicyclic) bond motifs is 1. The fourth-order valence-corrected chi connectivity index (χ4v) is 6.94. The van der Waals surface area contributed by atoms with Crippen molar-refractivity contribution in [2.45, 2.75) is 78.4 Å². The van der Waals surface area contributed by atoms with Crippen LogP contribution in [0.25, 0.3) is 0 Å². The summed E-state index contributed by atoms with van der Waals surface area (Å²) in [6, 6.07) is 0. The molecule has 0 bridgehead atoms. The van der Waals surface area contributed by atoms with Crippen molar-refractivity contribution in [1.82, 2.24) is 0 Å².